The van der Waals surface area contributed by atoms with Crippen LogP contribution in [0.2, 0.25) is 0 Å². The first-order valence-corrected chi connectivity index (χ1v) is 9.50. The van der Waals surface area contributed by atoms with E-state index in [0.717, 1.165) is 22.0 Å². The van der Waals surface area contributed by atoms with Crippen LogP contribution in [0.3, 0.4) is 0 Å². The van der Waals surface area contributed by atoms with Gasteiger partial charge >= 0.3 is 0 Å². The Balaban J connectivity index is 2.10. The SMILES string of the molecule is CSCC[C@@H](Nc1nc(C)cc(C)n1)C(=O)Nc1ncc(C)s1. The molecule has 1 amide bonds. The monoisotopic (exact) mass is 351 g/mol. The zero-order valence-electron chi connectivity index (χ0n) is 13.7. The predicted molar refractivity (Wildman–Crippen MR) is 97.4 cm³/mol. The van der Waals surface area contributed by atoms with Gasteiger partial charge < -0.3 is 10.6 Å². The van der Waals surface area contributed by atoms with Crippen molar-refractivity contribution in [3.63, 3.8) is 0 Å². The Bertz CT molecular complexity index is 653. The molecule has 0 aromatic carbocycles. The Labute approximate surface area is 144 Å². The van der Waals surface area contributed by atoms with Crippen molar-refractivity contribution in [2.75, 3.05) is 22.6 Å². The number of carbonyl (C=O) groups excluding carboxylic acids is 1. The van der Waals surface area contributed by atoms with Crippen LogP contribution in [0, 0.1) is 20.8 Å². The molecule has 0 saturated heterocycles. The third-order valence-electron chi connectivity index (χ3n) is 3.06. The molecule has 0 aliphatic carbocycles. The summed E-state index contributed by atoms with van der Waals surface area (Å²) in [4.78, 5) is 26.5. The minimum atomic E-state index is -0.396. The van der Waals surface area contributed by atoms with Crippen LogP contribution in [0.15, 0.2) is 12.3 Å². The molecule has 2 rings (SSSR count). The number of nitrogens with one attached hydrogen (secondary N) is 2. The van der Waals surface area contributed by atoms with Gasteiger partial charge in [0.25, 0.3) is 0 Å². The van der Waals surface area contributed by atoms with Crippen LogP contribution in [-0.4, -0.2) is 38.9 Å². The molecule has 2 aromatic heterocycles. The molecular formula is C15H21N5OS2. The fraction of sp³-hybridized carbons (Fsp3) is 0.467. The summed E-state index contributed by atoms with van der Waals surface area (Å²) < 4.78 is 0. The second-order valence-corrected chi connectivity index (χ2v) is 7.44. The standard InChI is InChI=1S/C15H21N5OS2/c1-9-7-10(2)18-14(17-9)19-12(5-6-22-4)13(21)20-15-16-8-11(3)23-15/h7-8,12H,5-6H2,1-4H3,(H,16,20,21)(H,17,18,19)/t12-/m1/s1. The lowest BCUT2D eigenvalue weighted by atomic mass is 10.2. The average molecular weight is 352 g/mol. The number of thioether (sulfide) groups is 1. The van der Waals surface area contributed by atoms with Crippen molar-refractivity contribution in [3.8, 4) is 0 Å². The summed E-state index contributed by atoms with van der Waals surface area (Å²) in [6, 6.07) is 1.51. The molecule has 0 saturated carbocycles. The Hall–Kier alpha value is -1.67. The molecule has 124 valence electrons. The highest BCUT2D eigenvalue weighted by atomic mass is 32.2. The first kappa shape index (κ1) is 17.7. The summed E-state index contributed by atoms with van der Waals surface area (Å²) >= 11 is 3.16. The second kappa shape index (κ2) is 8.26. The minimum Gasteiger partial charge on any atom is -0.342 e. The Kier molecular flexibility index (Phi) is 6.35. The van der Waals surface area contributed by atoms with E-state index in [9.17, 15) is 4.79 Å². The van der Waals surface area contributed by atoms with Gasteiger partial charge in [-0.05, 0) is 45.3 Å². The lowest BCUT2D eigenvalue weighted by molar-refractivity contribution is -0.116. The Morgan fingerprint density at radius 1 is 1.30 bits per heavy atom. The molecule has 6 nitrogen and oxygen atoms in total. The van der Waals surface area contributed by atoms with Crippen molar-refractivity contribution in [1.29, 1.82) is 0 Å². The Morgan fingerprint density at radius 2 is 2.00 bits per heavy atom. The van der Waals surface area contributed by atoms with E-state index in [-0.39, 0.29) is 5.91 Å². The number of thiazole rings is 1. The van der Waals surface area contributed by atoms with E-state index < -0.39 is 6.04 Å². The maximum Gasteiger partial charge on any atom is 0.248 e. The minimum absolute atomic E-state index is 0.115. The normalized spacial score (nSPS) is 12.0. The lowest BCUT2D eigenvalue weighted by Gasteiger charge is -2.17. The molecule has 1 atom stereocenters. The average Bonchev–Trinajstić information content (AvgIpc) is 2.87. The van der Waals surface area contributed by atoms with Gasteiger partial charge in [-0.25, -0.2) is 15.0 Å². The molecule has 8 heteroatoms. The largest absolute Gasteiger partial charge is 0.342 e. The zero-order chi connectivity index (χ0) is 16.8. The molecule has 0 spiro atoms. The van der Waals surface area contributed by atoms with Crippen molar-refractivity contribution in [2.24, 2.45) is 0 Å². The molecule has 0 aliphatic heterocycles. The van der Waals surface area contributed by atoms with Crippen molar-refractivity contribution >= 4 is 40.1 Å². The highest BCUT2D eigenvalue weighted by Gasteiger charge is 2.20. The lowest BCUT2D eigenvalue weighted by Crippen LogP contribution is -2.36. The smallest absolute Gasteiger partial charge is 0.248 e. The van der Waals surface area contributed by atoms with Gasteiger partial charge in [0, 0.05) is 22.5 Å². The Morgan fingerprint density at radius 3 is 2.57 bits per heavy atom. The molecule has 0 radical (unpaired) electrons. The second-order valence-electron chi connectivity index (χ2n) is 5.22. The molecule has 23 heavy (non-hydrogen) atoms. The number of hydrogen-bond acceptors (Lipinski definition) is 7. The van der Waals surface area contributed by atoms with Gasteiger partial charge in [-0.3, -0.25) is 4.79 Å². The first-order valence-electron chi connectivity index (χ1n) is 7.29. The topological polar surface area (TPSA) is 79.8 Å². The van der Waals surface area contributed by atoms with Crippen LogP contribution in [0.25, 0.3) is 0 Å². The maximum absolute atomic E-state index is 12.5. The predicted octanol–water partition coefficient (Wildman–Crippen LogP) is 3.03. The summed E-state index contributed by atoms with van der Waals surface area (Å²) in [6.45, 7) is 5.78. The summed E-state index contributed by atoms with van der Waals surface area (Å²) in [7, 11) is 0. The van der Waals surface area contributed by atoms with E-state index >= 15 is 0 Å². The van der Waals surface area contributed by atoms with E-state index in [1.165, 1.54) is 11.3 Å². The fourth-order valence-electron chi connectivity index (χ4n) is 2.06. The number of amides is 1. The number of anilines is 2. The summed E-state index contributed by atoms with van der Waals surface area (Å²) in [5, 5.41) is 6.63. The van der Waals surface area contributed by atoms with E-state index in [1.807, 2.05) is 33.1 Å². The van der Waals surface area contributed by atoms with E-state index in [0.29, 0.717) is 17.5 Å². The van der Waals surface area contributed by atoms with E-state index in [4.69, 9.17) is 0 Å². The summed E-state index contributed by atoms with van der Waals surface area (Å²) in [6.07, 6.45) is 4.46. The molecule has 2 N–H and O–H groups in total. The van der Waals surface area contributed by atoms with Crippen LogP contribution < -0.4 is 10.6 Å². The van der Waals surface area contributed by atoms with Gasteiger partial charge in [0.05, 0.1) is 0 Å². The van der Waals surface area contributed by atoms with Gasteiger partial charge in [0.2, 0.25) is 11.9 Å². The van der Waals surface area contributed by atoms with E-state index in [1.54, 1.807) is 18.0 Å². The number of hydrogen-bond donors (Lipinski definition) is 2. The number of aryl methyl sites for hydroxylation is 3. The van der Waals surface area contributed by atoms with Gasteiger partial charge in [-0.2, -0.15) is 11.8 Å². The van der Waals surface area contributed by atoms with E-state index in [2.05, 4.69) is 25.6 Å². The van der Waals surface area contributed by atoms with Gasteiger partial charge in [-0.15, -0.1) is 11.3 Å². The van der Waals surface area contributed by atoms with Crippen LogP contribution in [0.5, 0.6) is 0 Å². The zero-order valence-corrected chi connectivity index (χ0v) is 15.3. The number of rotatable bonds is 7. The van der Waals surface area contributed by atoms with Crippen LogP contribution >= 0.6 is 23.1 Å². The van der Waals surface area contributed by atoms with Crippen LogP contribution in [0.4, 0.5) is 11.1 Å². The van der Waals surface area contributed by atoms with Crippen molar-refractivity contribution in [3.05, 3.63) is 28.5 Å². The molecule has 0 aliphatic rings. The van der Waals surface area contributed by atoms with Crippen molar-refractivity contribution in [2.45, 2.75) is 33.2 Å². The molecule has 2 heterocycles. The fourth-order valence-corrected chi connectivity index (χ4v) is 3.19. The third kappa shape index (κ3) is 5.47. The molecule has 0 unspecified atom stereocenters. The van der Waals surface area contributed by atoms with Crippen molar-refractivity contribution in [1.82, 2.24) is 15.0 Å². The van der Waals surface area contributed by atoms with Gasteiger partial charge in [-0.1, -0.05) is 0 Å². The molecule has 2 aromatic rings. The van der Waals surface area contributed by atoms with Crippen molar-refractivity contribution < 1.29 is 4.79 Å². The number of carbonyl (C=O) groups is 1. The first-order chi connectivity index (χ1) is 11.0. The quantitative estimate of drug-likeness (QED) is 0.798. The molecule has 0 bridgehead atoms. The van der Waals surface area contributed by atoms with Crippen LogP contribution in [0.1, 0.15) is 22.7 Å². The number of nitrogens with zero attached hydrogens (tertiary/aromatic N) is 3. The third-order valence-corrected chi connectivity index (χ3v) is 4.54. The summed E-state index contributed by atoms with van der Waals surface area (Å²) in [5.74, 6) is 1.24. The van der Waals surface area contributed by atoms with Gasteiger partial charge in [0.1, 0.15) is 6.04 Å². The van der Waals surface area contributed by atoms with Crippen LogP contribution in [-0.2, 0) is 4.79 Å². The number of aromatic nitrogens is 3. The molecule has 0 fully saturated rings. The van der Waals surface area contributed by atoms with Gasteiger partial charge in [0.15, 0.2) is 5.13 Å². The molecular weight excluding hydrogens is 330 g/mol. The highest BCUT2D eigenvalue weighted by Crippen LogP contribution is 2.18. The highest BCUT2D eigenvalue weighted by molar-refractivity contribution is 7.98. The maximum atomic E-state index is 12.5. The summed E-state index contributed by atoms with van der Waals surface area (Å²) in [5.41, 5.74) is 1.75.